The molecule has 1 amide bonds. The van der Waals surface area contributed by atoms with E-state index in [1.165, 1.54) is 24.3 Å². The highest BCUT2D eigenvalue weighted by atomic mass is 35.5. The zero-order chi connectivity index (χ0) is 17.8. The van der Waals surface area contributed by atoms with Gasteiger partial charge in [-0.2, -0.15) is 0 Å². The van der Waals surface area contributed by atoms with Crippen LogP contribution in [-0.2, 0) is 4.79 Å². The number of nitro groups is 1. The first-order chi connectivity index (χ1) is 12.0. The summed E-state index contributed by atoms with van der Waals surface area (Å²) in [6.45, 7) is 0. The SMILES string of the molecule is O=C(C=Cc1ccc(Cl)c([N+](=O)[O-])c1)Nc1cccc2ncccc12. The average Bonchev–Trinajstić information content (AvgIpc) is 2.61. The van der Waals surface area contributed by atoms with Crippen molar-refractivity contribution in [3.05, 3.63) is 81.5 Å². The normalized spacial score (nSPS) is 10.9. The van der Waals surface area contributed by atoms with Crippen molar-refractivity contribution in [2.45, 2.75) is 0 Å². The number of amides is 1. The highest BCUT2D eigenvalue weighted by Gasteiger charge is 2.11. The Bertz CT molecular complexity index is 997. The molecule has 1 N–H and O–H groups in total. The van der Waals surface area contributed by atoms with E-state index in [1.807, 2.05) is 12.1 Å². The van der Waals surface area contributed by atoms with E-state index in [2.05, 4.69) is 10.3 Å². The molecule has 3 aromatic rings. The fraction of sp³-hybridized carbons (Fsp3) is 0. The van der Waals surface area contributed by atoms with E-state index in [0.29, 0.717) is 11.3 Å². The average molecular weight is 354 g/mol. The molecule has 3 rings (SSSR count). The number of nitrogens with zero attached hydrogens (tertiary/aromatic N) is 2. The fourth-order valence-corrected chi connectivity index (χ4v) is 2.52. The molecule has 124 valence electrons. The fourth-order valence-electron chi connectivity index (χ4n) is 2.33. The minimum atomic E-state index is -0.567. The molecular formula is C18H12ClN3O3. The van der Waals surface area contributed by atoms with Crippen LogP contribution in [0.1, 0.15) is 5.56 Å². The lowest BCUT2D eigenvalue weighted by atomic mass is 10.1. The molecule has 0 aliphatic heterocycles. The van der Waals surface area contributed by atoms with E-state index in [9.17, 15) is 14.9 Å². The minimum Gasteiger partial charge on any atom is -0.322 e. The lowest BCUT2D eigenvalue weighted by Crippen LogP contribution is -2.08. The molecule has 0 radical (unpaired) electrons. The largest absolute Gasteiger partial charge is 0.322 e. The van der Waals surface area contributed by atoms with Crippen LogP contribution in [0.3, 0.4) is 0 Å². The van der Waals surface area contributed by atoms with Crippen LogP contribution >= 0.6 is 11.6 Å². The molecule has 1 heterocycles. The van der Waals surface area contributed by atoms with Crippen molar-refractivity contribution in [1.29, 1.82) is 0 Å². The summed E-state index contributed by atoms with van der Waals surface area (Å²) in [4.78, 5) is 26.7. The number of hydrogen-bond donors (Lipinski definition) is 1. The van der Waals surface area contributed by atoms with Gasteiger partial charge >= 0.3 is 0 Å². The molecule has 2 aromatic carbocycles. The summed E-state index contributed by atoms with van der Waals surface area (Å²) in [5.74, 6) is -0.353. The molecule has 0 unspecified atom stereocenters. The molecule has 0 aliphatic carbocycles. The highest BCUT2D eigenvalue weighted by Crippen LogP contribution is 2.25. The van der Waals surface area contributed by atoms with Crippen LogP contribution in [-0.4, -0.2) is 15.8 Å². The second-order valence-electron chi connectivity index (χ2n) is 5.17. The summed E-state index contributed by atoms with van der Waals surface area (Å²) in [7, 11) is 0. The summed E-state index contributed by atoms with van der Waals surface area (Å²) in [6, 6.07) is 13.4. The number of nitro benzene ring substituents is 1. The van der Waals surface area contributed by atoms with Crippen LogP contribution in [0, 0.1) is 10.1 Å². The van der Waals surface area contributed by atoms with Gasteiger partial charge in [0, 0.05) is 23.7 Å². The van der Waals surface area contributed by atoms with Gasteiger partial charge in [0.2, 0.25) is 5.91 Å². The van der Waals surface area contributed by atoms with Crippen LogP contribution < -0.4 is 5.32 Å². The smallest absolute Gasteiger partial charge is 0.288 e. The summed E-state index contributed by atoms with van der Waals surface area (Å²) in [5.41, 5.74) is 1.72. The number of pyridine rings is 1. The van der Waals surface area contributed by atoms with E-state index < -0.39 is 4.92 Å². The van der Waals surface area contributed by atoms with Crippen molar-refractivity contribution < 1.29 is 9.72 Å². The Morgan fingerprint density at radius 1 is 1.20 bits per heavy atom. The number of hydrogen-bond acceptors (Lipinski definition) is 4. The van der Waals surface area contributed by atoms with Crippen LogP contribution in [0.15, 0.2) is 60.8 Å². The Labute approximate surface area is 147 Å². The number of anilines is 1. The Kier molecular flexibility index (Phi) is 4.72. The van der Waals surface area contributed by atoms with Crippen molar-refractivity contribution in [2.24, 2.45) is 0 Å². The quantitative estimate of drug-likeness (QED) is 0.426. The first kappa shape index (κ1) is 16.6. The third-order valence-corrected chi connectivity index (χ3v) is 3.82. The number of fused-ring (bicyclic) bond motifs is 1. The van der Waals surface area contributed by atoms with Crippen molar-refractivity contribution in [3.63, 3.8) is 0 Å². The van der Waals surface area contributed by atoms with Gasteiger partial charge in [0.1, 0.15) is 5.02 Å². The van der Waals surface area contributed by atoms with E-state index in [-0.39, 0.29) is 16.6 Å². The standard InChI is InChI=1S/C18H12ClN3O3/c19-14-8-6-12(11-17(14)22(24)25)7-9-18(23)21-16-5-1-4-15-13(16)3-2-10-20-15/h1-11H,(H,21,23). The molecule has 0 atom stereocenters. The second-order valence-corrected chi connectivity index (χ2v) is 5.57. The Hall–Kier alpha value is -3.25. The molecule has 0 saturated carbocycles. The second kappa shape index (κ2) is 7.11. The summed E-state index contributed by atoms with van der Waals surface area (Å²) in [6.07, 6.45) is 4.48. The zero-order valence-electron chi connectivity index (χ0n) is 12.8. The maximum Gasteiger partial charge on any atom is 0.288 e. The lowest BCUT2D eigenvalue weighted by molar-refractivity contribution is -0.384. The van der Waals surface area contributed by atoms with Gasteiger partial charge in [-0.05, 0) is 42.0 Å². The Morgan fingerprint density at radius 2 is 2.04 bits per heavy atom. The molecular weight excluding hydrogens is 342 g/mol. The van der Waals surface area contributed by atoms with Gasteiger partial charge in [0.15, 0.2) is 0 Å². The first-order valence-electron chi connectivity index (χ1n) is 7.31. The van der Waals surface area contributed by atoms with E-state index in [1.54, 1.807) is 30.5 Å². The topological polar surface area (TPSA) is 85.1 Å². The summed E-state index contributed by atoms with van der Waals surface area (Å²) >= 11 is 5.77. The van der Waals surface area contributed by atoms with Gasteiger partial charge in [0.05, 0.1) is 16.1 Å². The van der Waals surface area contributed by atoms with Crippen molar-refractivity contribution in [1.82, 2.24) is 4.98 Å². The van der Waals surface area contributed by atoms with Crippen LogP contribution in [0.2, 0.25) is 5.02 Å². The van der Waals surface area contributed by atoms with Gasteiger partial charge < -0.3 is 5.32 Å². The van der Waals surface area contributed by atoms with Gasteiger partial charge in [0.25, 0.3) is 5.69 Å². The van der Waals surface area contributed by atoms with Crippen LogP contribution in [0.5, 0.6) is 0 Å². The third kappa shape index (κ3) is 3.81. The molecule has 6 nitrogen and oxygen atoms in total. The predicted molar refractivity (Wildman–Crippen MR) is 97.5 cm³/mol. The lowest BCUT2D eigenvalue weighted by Gasteiger charge is -2.06. The molecule has 0 aliphatic rings. The first-order valence-corrected chi connectivity index (χ1v) is 7.69. The van der Waals surface area contributed by atoms with E-state index >= 15 is 0 Å². The number of benzene rings is 2. The minimum absolute atomic E-state index is 0.0508. The van der Waals surface area contributed by atoms with Crippen molar-refractivity contribution in [2.75, 3.05) is 5.32 Å². The molecule has 0 fully saturated rings. The molecule has 0 bridgehead atoms. The Balaban J connectivity index is 1.79. The number of halogens is 1. The molecule has 25 heavy (non-hydrogen) atoms. The Morgan fingerprint density at radius 3 is 2.84 bits per heavy atom. The van der Waals surface area contributed by atoms with Gasteiger partial charge in [-0.25, -0.2) is 0 Å². The van der Waals surface area contributed by atoms with Gasteiger partial charge in [-0.1, -0.05) is 23.7 Å². The number of carbonyl (C=O) groups excluding carboxylic acids is 1. The third-order valence-electron chi connectivity index (χ3n) is 3.50. The van der Waals surface area contributed by atoms with Gasteiger partial charge in [-0.15, -0.1) is 0 Å². The molecule has 0 saturated heterocycles. The number of aromatic nitrogens is 1. The summed E-state index contributed by atoms with van der Waals surface area (Å²) in [5, 5.41) is 14.5. The summed E-state index contributed by atoms with van der Waals surface area (Å²) < 4.78 is 0. The highest BCUT2D eigenvalue weighted by molar-refractivity contribution is 6.32. The molecule has 1 aromatic heterocycles. The zero-order valence-corrected chi connectivity index (χ0v) is 13.6. The van der Waals surface area contributed by atoms with Crippen LogP contribution in [0.25, 0.3) is 17.0 Å². The maximum atomic E-state index is 12.1. The van der Waals surface area contributed by atoms with E-state index in [4.69, 9.17) is 11.6 Å². The number of nitrogens with one attached hydrogen (secondary N) is 1. The predicted octanol–water partition coefficient (Wildman–Crippen LogP) is 4.45. The van der Waals surface area contributed by atoms with Crippen molar-refractivity contribution >= 4 is 45.9 Å². The molecule has 7 heteroatoms. The monoisotopic (exact) mass is 353 g/mol. The van der Waals surface area contributed by atoms with E-state index in [0.717, 1.165) is 10.9 Å². The number of rotatable bonds is 4. The van der Waals surface area contributed by atoms with Gasteiger partial charge in [-0.3, -0.25) is 19.9 Å². The number of carbonyl (C=O) groups is 1. The molecule has 0 spiro atoms. The maximum absolute atomic E-state index is 12.1. The van der Waals surface area contributed by atoms with Crippen LogP contribution in [0.4, 0.5) is 11.4 Å². The van der Waals surface area contributed by atoms with Crippen molar-refractivity contribution in [3.8, 4) is 0 Å².